The van der Waals surface area contributed by atoms with Crippen LogP contribution in [0.5, 0.6) is 5.75 Å². The number of hydrogen-bond acceptors (Lipinski definition) is 5. The Morgan fingerprint density at radius 2 is 1.86 bits per heavy atom. The van der Waals surface area contributed by atoms with E-state index < -0.39 is 6.04 Å². The van der Waals surface area contributed by atoms with Gasteiger partial charge in [-0.05, 0) is 24.6 Å². The van der Waals surface area contributed by atoms with Crippen LogP contribution in [-0.4, -0.2) is 86.2 Å². The van der Waals surface area contributed by atoms with E-state index in [1.165, 1.54) is 0 Å². The first kappa shape index (κ1) is 19.7. The molecule has 3 amide bonds. The SMILES string of the molecule is CCOc1ccc(C2NC(=O)N(C)C3=C2C(=O)N(CCN2CCOCC2)C3)cc1. The van der Waals surface area contributed by atoms with E-state index in [9.17, 15) is 9.59 Å². The third kappa shape index (κ3) is 3.95. The van der Waals surface area contributed by atoms with Gasteiger partial charge in [0.05, 0.1) is 43.7 Å². The normalized spacial score (nSPS) is 22.8. The Labute approximate surface area is 171 Å². The number of ether oxygens (including phenoxy) is 2. The van der Waals surface area contributed by atoms with Crippen molar-refractivity contribution < 1.29 is 19.1 Å². The lowest BCUT2D eigenvalue weighted by Crippen LogP contribution is -2.45. The van der Waals surface area contributed by atoms with Crippen LogP contribution >= 0.6 is 0 Å². The van der Waals surface area contributed by atoms with Crippen molar-refractivity contribution in [3.05, 3.63) is 41.1 Å². The highest BCUT2D eigenvalue weighted by Gasteiger charge is 2.42. The van der Waals surface area contributed by atoms with Gasteiger partial charge in [0.1, 0.15) is 5.75 Å². The van der Waals surface area contributed by atoms with E-state index >= 15 is 0 Å². The number of hydrogen-bond donors (Lipinski definition) is 1. The van der Waals surface area contributed by atoms with Gasteiger partial charge in [0.15, 0.2) is 0 Å². The molecule has 3 aliphatic heterocycles. The van der Waals surface area contributed by atoms with E-state index in [1.54, 1.807) is 11.9 Å². The summed E-state index contributed by atoms with van der Waals surface area (Å²) >= 11 is 0. The second-order valence-electron chi connectivity index (χ2n) is 7.48. The van der Waals surface area contributed by atoms with E-state index in [0.29, 0.717) is 25.3 Å². The number of nitrogens with one attached hydrogen (secondary N) is 1. The number of rotatable bonds is 6. The number of carbonyl (C=O) groups is 2. The fraction of sp³-hybridized carbons (Fsp3) is 0.524. The zero-order chi connectivity index (χ0) is 20.4. The van der Waals surface area contributed by atoms with Crippen molar-refractivity contribution in [1.29, 1.82) is 0 Å². The molecular formula is C21H28N4O4. The molecule has 1 fully saturated rings. The first-order chi connectivity index (χ1) is 14.1. The van der Waals surface area contributed by atoms with Crippen LogP contribution in [0.4, 0.5) is 4.79 Å². The van der Waals surface area contributed by atoms with Gasteiger partial charge in [-0.1, -0.05) is 12.1 Å². The molecule has 0 spiro atoms. The smallest absolute Gasteiger partial charge is 0.322 e. The van der Waals surface area contributed by atoms with Crippen molar-refractivity contribution in [3.63, 3.8) is 0 Å². The molecule has 156 valence electrons. The quantitative estimate of drug-likeness (QED) is 0.777. The molecule has 0 aliphatic carbocycles. The lowest BCUT2D eigenvalue weighted by molar-refractivity contribution is -0.126. The molecule has 8 nitrogen and oxygen atoms in total. The number of amides is 3. The monoisotopic (exact) mass is 400 g/mol. The maximum Gasteiger partial charge on any atom is 0.322 e. The highest BCUT2D eigenvalue weighted by Crippen LogP contribution is 2.36. The average Bonchev–Trinajstić information content (AvgIpc) is 3.07. The Hall–Kier alpha value is -2.58. The van der Waals surface area contributed by atoms with Gasteiger partial charge >= 0.3 is 6.03 Å². The van der Waals surface area contributed by atoms with Crippen molar-refractivity contribution in [2.45, 2.75) is 13.0 Å². The predicted molar refractivity (Wildman–Crippen MR) is 108 cm³/mol. The second kappa shape index (κ2) is 8.42. The van der Waals surface area contributed by atoms with Gasteiger partial charge in [-0.3, -0.25) is 14.6 Å². The molecule has 0 aromatic heterocycles. The van der Waals surface area contributed by atoms with E-state index in [2.05, 4.69) is 10.2 Å². The van der Waals surface area contributed by atoms with Crippen LogP contribution in [-0.2, 0) is 9.53 Å². The minimum absolute atomic E-state index is 0.000931. The predicted octanol–water partition coefficient (Wildman–Crippen LogP) is 1.21. The molecule has 1 unspecified atom stereocenters. The average molecular weight is 400 g/mol. The number of carbonyl (C=O) groups excluding carboxylic acids is 2. The standard InChI is InChI=1S/C21H28N4O4/c1-3-29-16-6-4-15(5-7-16)19-18-17(23(2)21(27)22-19)14-25(20(18)26)9-8-24-10-12-28-13-11-24/h4-7,19H,3,8-14H2,1-2H3,(H,22,27). The van der Waals surface area contributed by atoms with Gasteiger partial charge in [0.2, 0.25) is 0 Å². The second-order valence-corrected chi connectivity index (χ2v) is 7.48. The lowest BCUT2D eigenvalue weighted by atomic mass is 9.95. The van der Waals surface area contributed by atoms with Gasteiger partial charge in [-0.25, -0.2) is 4.79 Å². The molecule has 1 atom stereocenters. The third-order valence-electron chi connectivity index (χ3n) is 5.75. The maximum absolute atomic E-state index is 13.2. The number of benzene rings is 1. The summed E-state index contributed by atoms with van der Waals surface area (Å²) in [5, 5.41) is 2.98. The summed E-state index contributed by atoms with van der Waals surface area (Å²) < 4.78 is 10.9. The molecule has 0 radical (unpaired) electrons. The molecule has 1 saturated heterocycles. The zero-order valence-corrected chi connectivity index (χ0v) is 17.0. The third-order valence-corrected chi connectivity index (χ3v) is 5.75. The molecule has 0 saturated carbocycles. The zero-order valence-electron chi connectivity index (χ0n) is 17.0. The van der Waals surface area contributed by atoms with Crippen molar-refractivity contribution in [2.24, 2.45) is 0 Å². The lowest BCUT2D eigenvalue weighted by Gasteiger charge is -2.31. The van der Waals surface area contributed by atoms with E-state index in [1.807, 2.05) is 36.1 Å². The summed E-state index contributed by atoms with van der Waals surface area (Å²) in [5.41, 5.74) is 2.34. The highest BCUT2D eigenvalue weighted by molar-refractivity contribution is 6.01. The molecule has 1 N–H and O–H groups in total. The number of morpholine rings is 1. The minimum atomic E-state index is -0.440. The highest BCUT2D eigenvalue weighted by atomic mass is 16.5. The van der Waals surface area contributed by atoms with Crippen LogP contribution < -0.4 is 10.1 Å². The Morgan fingerprint density at radius 3 is 2.55 bits per heavy atom. The van der Waals surface area contributed by atoms with Crippen LogP contribution in [0.15, 0.2) is 35.5 Å². The topological polar surface area (TPSA) is 74.4 Å². The van der Waals surface area contributed by atoms with Crippen LogP contribution in [0.3, 0.4) is 0 Å². The summed E-state index contributed by atoms with van der Waals surface area (Å²) in [5.74, 6) is 0.772. The molecule has 1 aromatic rings. The van der Waals surface area contributed by atoms with Gasteiger partial charge in [-0.15, -0.1) is 0 Å². The van der Waals surface area contributed by atoms with E-state index in [0.717, 1.165) is 49.9 Å². The number of likely N-dealkylation sites (N-methyl/N-ethyl adjacent to an activating group) is 1. The Morgan fingerprint density at radius 1 is 1.14 bits per heavy atom. The Bertz CT molecular complexity index is 801. The summed E-state index contributed by atoms with van der Waals surface area (Å²) in [6.07, 6.45) is 0. The molecule has 4 rings (SSSR count). The first-order valence-corrected chi connectivity index (χ1v) is 10.2. The van der Waals surface area contributed by atoms with Crippen molar-refractivity contribution >= 4 is 11.9 Å². The number of urea groups is 1. The van der Waals surface area contributed by atoms with Gasteiger partial charge in [0, 0.05) is 33.2 Å². The van der Waals surface area contributed by atoms with Crippen LogP contribution in [0, 0.1) is 0 Å². The van der Waals surface area contributed by atoms with Crippen molar-refractivity contribution in [3.8, 4) is 5.75 Å². The molecule has 3 aliphatic rings. The fourth-order valence-electron chi connectivity index (χ4n) is 4.06. The molecule has 8 heteroatoms. The maximum atomic E-state index is 13.2. The van der Waals surface area contributed by atoms with E-state index in [-0.39, 0.29) is 11.9 Å². The van der Waals surface area contributed by atoms with Gasteiger partial charge in [0.25, 0.3) is 5.91 Å². The van der Waals surface area contributed by atoms with Gasteiger partial charge in [-0.2, -0.15) is 0 Å². The van der Waals surface area contributed by atoms with E-state index in [4.69, 9.17) is 9.47 Å². The summed E-state index contributed by atoms with van der Waals surface area (Å²) in [4.78, 5) is 31.5. The van der Waals surface area contributed by atoms with Crippen LogP contribution in [0.2, 0.25) is 0 Å². The summed E-state index contributed by atoms with van der Waals surface area (Å²) in [6.45, 7) is 7.72. The van der Waals surface area contributed by atoms with Crippen LogP contribution in [0.1, 0.15) is 18.5 Å². The number of nitrogens with zero attached hydrogens (tertiary/aromatic N) is 3. The molecule has 0 bridgehead atoms. The van der Waals surface area contributed by atoms with Crippen LogP contribution in [0.25, 0.3) is 0 Å². The summed E-state index contributed by atoms with van der Waals surface area (Å²) in [7, 11) is 1.72. The molecular weight excluding hydrogens is 372 g/mol. The van der Waals surface area contributed by atoms with Gasteiger partial charge < -0.3 is 19.7 Å². The Balaban J connectivity index is 1.52. The first-order valence-electron chi connectivity index (χ1n) is 10.2. The largest absolute Gasteiger partial charge is 0.494 e. The Kier molecular flexibility index (Phi) is 5.73. The van der Waals surface area contributed by atoms with Crippen molar-refractivity contribution in [2.75, 3.05) is 59.6 Å². The molecule has 3 heterocycles. The minimum Gasteiger partial charge on any atom is -0.494 e. The molecule has 29 heavy (non-hydrogen) atoms. The van der Waals surface area contributed by atoms with Crippen molar-refractivity contribution in [1.82, 2.24) is 20.0 Å². The summed E-state index contributed by atoms with van der Waals surface area (Å²) in [6, 6.07) is 6.94. The fourth-order valence-corrected chi connectivity index (χ4v) is 4.06. The molecule has 1 aromatic carbocycles.